The van der Waals surface area contributed by atoms with Crippen LogP contribution in [0.3, 0.4) is 0 Å². The van der Waals surface area contributed by atoms with Gasteiger partial charge in [-0.1, -0.05) is 54.1 Å². The summed E-state index contributed by atoms with van der Waals surface area (Å²) in [5.41, 5.74) is 4.74. The van der Waals surface area contributed by atoms with E-state index in [-0.39, 0.29) is 11.9 Å². The Labute approximate surface area is 177 Å². The average Bonchev–Trinajstić information content (AvgIpc) is 2.78. The molecule has 0 radical (unpaired) electrons. The molecule has 1 amide bonds. The van der Waals surface area contributed by atoms with Crippen LogP contribution in [0.1, 0.15) is 38.7 Å². The van der Waals surface area contributed by atoms with Crippen LogP contribution in [0.25, 0.3) is 0 Å². The van der Waals surface area contributed by atoms with Crippen molar-refractivity contribution in [1.29, 1.82) is 0 Å². The first-order valence-electron chi connectivity index (χ1n) is 9.71. The first-order valence-corrected chi connectivity index (χ1v) is 9.71. The maximum Gasteiger partial charge on any atom is 0.252 e. The van der Waals surface area contributed by atoms with Gasteiger partial charge in [0.15, 0.2) is 11.5 Å². The third-order valence-electron chi connectivity index (χ3n) is 5.08. The molecule has 3 aromatic carbocycles. The molecule has 0 aliphatic rings. The number of benzene rings is 3. The lowest BCUT2D eigenvalue weighted by molar-refractivity contribution is 0.0942. The Morgan fingerprint density at radius 1 is 0.833 bits per heavy atom. The molecular weight excluding hydrogens is 378 g/mol. The van der Waals surface area contributed by atoms with Crippen LogP contribution in [0.5, 0.6) is 17.2 Å². The molecule has 0 saturated heterocycles. The van der Waals surface area contributed by atoms with E-state index in [9.17, 15) is 4.79 Å². The Balaban J connectivity index is 2.03. The Morgan fingerprint density at radius 2 is 1.47 bits per heavy atom. The molecule has 5 heteroatoms. The molecule has 3 rings (SSSR count). The first kappa shape index (κ1) is 21.2. The Morgan fingerprint density at radius 3 is 2.03 bits per heavy atom. The van der Waals surface area contributed by atoms with Crippen molar-refractivity contribution in [3.8, 4) is 17.2 Å². The smallest absolute Gasteiger partial charge is 0.252 e. The molecule has 0 aromatic heterocycles. The van der Waals surface area contributed by atoms with Crippen LogP contribution < -0.4 is 19.5 Å². The zero-order valence-electron chi connectivity index (χ0n) is 18.0. The summed E-state index contributed by atoms with van der Waals surface area (Å²) in [5.74, 6) is 1.09. The van der Waals surface area contributed by atoms with Gasteiger partial charge in [0.1, 0.15) is 0 Å². The van der Waals surface area contributed by atoms with Crippen LogP contribution in [-0.4, -0.2) is 27.2 Å². The lowest BCUT2D eigenvalue weighted by Gasteiger charge is -2.23. The zero-order chi connectivity index (χ0) is 21.7. The minimum Gasteiger partial charge on any atom is -0.493 e. The van der Waals surface area contributed by atoms with E-state index in [0.29, 0.717) is 22.8 Å². The second-order valence-electron chi connectivity index (χ2n) is 7.09. The fourth-order valence-corrected chi connectivity index (χ4v) is 3.48. The highest BCUT2D eigenvalue weighted by Crippen LogP contribution is 2.38. The molecule has 30 heavy (non-hydrogen) atoms. The second-order valence-corrected chi connectivity index (χ2v) is 7.09. The summed E-state index contributed by atoms with van der Waals surface area (Å²) in [4.78, 5) is 13.3. The van der Waals surface area contributed by atoms with Crippen LogP contribution in [0, 0.1) is 13.8 Å². The number of methoxy groups -OCH3 is 3. The van der Waals surface area contributed by atoms with Crippen molar-refractivity contribution < 1.29 is 19.0 Å². The van der Waals surface area contributed by atoms with Gasteiger partial charge in [0.05, 0.1) is 27.4 Å². The van der Waals surface area contributed by atoms with Crippen molar-refractivity contribution >= 4 is 5.91 Å². The van der Waals surface area contributed by atoms with E-state index in [4.69, 9.17) is 14.2 Å². The zero-order valence-corrected chi connectivity index (χ0v) is 18.0. The Kier molecular flexibility index (Phi) is 6.62. The van der Waals surface area contributed by atoms with Crippen LogP contribution in [0.15, 0.2) is 60.7 Å². The average molecular weight is 405 g/mol. The number of aryl methyl sites for hydroxylation is 2. The van der Waals surface area contributed by atoms with E-state index in [1.165, 1.54) is 21.3 Å². The molecule has 3 aromatic rings. The van der Waals surface area contributed by atoms with Gasteiger partial charge >= 0.3 is 0 Å². The van der Waals surface area contributed by atoms with Crippen LogP contribution in [0.2, 0.25) is 0 Å². The molecule has 0 spiro atoms. The summed E-state index contributed by atoms with van der Waals surface area (Å²) in [6, 6.07) is 19.2. The van der Waals surface area contributed by atoms with Gasteiger partial charge in [0.25, 0.3) is 5.91 Å². The predicted molar refractivity (Wildman–Crippen MR) is 118 cm³/mol. The number of amides is 1. The minimum absolute atomic E-state index is 0.232. The molecule has 1 unspecified atom stereocenters. The standard InChI is InChI=1S/C25H27NO4/c1-16-11-12-17(2)20(13-16)23(18-9-7-6-8-10-18)26-25(27)19-14-21(28-3)24(30-5)22(15-19)29-4/h6-15,23H,1-5H3,(H,26,27). The second kappa shape index (κ2) is 9.35. The van der Waals surface area contributed by atoms with Crippen LogP contribution in [-0.2, 0) is 0 Å². The van der Waals surface area contributed by atoms with Gasteiger partial charge in [-0.3, -0.25) is 4.79 Å². The maximum absolute atomic E-state index is 13.3. The predicted octanol–water partition coefficient (Wildman–Crippen LogP) is 4.85. The highest BCUT2D eigenvalue weighted by molar-refractivity contribution is 5.96. The van der Waals surface area contributed by atoms with Gasteiger partial charge in [0.2, 0.25) is 5.75 Å². The highest BCUT2D eigenvalue weighted by Gasteiger charge is 2.22. The van der Waals surface area contributed by atoms with Gasteiger partial charge < -0.3 is 19.5 Å². The number of carbonyl (C=O) groups excluding carboxylic acids is 1. The van der Waals surface area contributed by atoms with Crippen molar-refractivity contribution in [3.63, 3.8) is 0 Å². The van der Waals surface area contributed by atoms with E-state index in [0.717, 1.165) is 22.3 Å². The summed E-state index contributed by atoms with van der Waals surface area (Å²) in [5, 5.41) is 3.18. The van der Waals surface area contributed by atoms with Crippen molar-refractivity contribution in [1.82, 2.24) is 5.32 Å². The van der Waals surface area contributed by atoms with Crippen LogP contribution >= 0.6 is 0 Å². The van der Waals surface area contributed by atoms with Gasteiger partial charge in [-0.15, -0.1) is 0 Å². The SMILES string of the molecule is COc1cc(C(=O)NC(c2ccccc2)c2cc(C)ccc2C)cc(OC)c1OC. The van der Waals surface area contributed by atoms with Crippen LogP contribution in [0.4, 0.5) is 0 Å². The quantitative estimate of drug-likeness (QED) is 0.611. The summed E-state index contributed by atoms with van der Waals surface area (Å²) in [7, 11) is 4.59. The third kappa shape index (κ3) is 4.40. The van der Waals surface area contributed by atoms with E-state index in [2.05, 4.69) is 30.4 Å². The molecule has 1 N–H and O–H groups in total. The Bertz CT molecular complexity index is 1010. The fraction of sp³-hybridized carbons (Fsp3) is 0.240. The molecule has 0 aliphatic heterocycles. The maximum atomic E-state index is 13.3. The topological polar surface area (TPSA) is 56.8 Å². The summed E-state index contributed by atoms with van der Waals surface area (Å²) < 4.78 is 16.1. The lowest BCUT2D eigenvalue weighted by Crippen LogP contribution is -2.30. The van der Waals surface area contributed by atoms with E-state index < -0.39 is 0 Å². The van der Waals surface area contributed by atoms with E-state index in [1.54, 1.807) is 12.1 Å². The monoisotopic (exact) mass is 405 g/mol. The number of ether oxygens (including phenoxy) is 3. The van der Waals surface area contributed by atoms with Crippen molar-refractivity contribution in [2.24, 2.45) is 0 Å². The molecule has 1 atom stereocenters. The normalized spacial score (nSPS) is 11.5. The van der Waals surface area contributed by atoms with Crippen molar-refractivity contribution in [2.45, 2.75) is 19.9 Å². The van der Waals surface area contributed by atoms with Gasteiger partial charge in [-0.25, -0.2) is 0 Å². The largest absolute Gasteiger partial charge is 0.493 e. The van der Waals surface area contributed by atoms with Gasteiger partial charge in [-0.05, 0) is 42.7 Å². The lowest BCUT2D eigenvalue weighted by atomic mass is 9.93. The Hall–Kier alpha value is -3.47. The fourth-order valence-electron chi connectivity index (χ4n) is 3.48. The van der Waals surface area contributed by atoms with Crippen molar-refractivity contribution in [2.75, 3.05) is 21.3 Å². The molecule has 0 saturated carbocycles. The minimum atomic E-state index is -0.294. The van der Waals surface area contributed by atoms with Gasteiger partial charge in [0, 0.05) is 5.56 Å². The van der Waals surface area contributed by atoms with Gasteiger partial charge in [-0.2, -0.15) is 0 Å². The molecule has 0 bridgehead atoms. The molecule has 0 heterocycles. The number of rotatable bonds is 7. The van der Waals surface area contributed by atoms with Crippen molar-refractivity contribution in [3.05, 3.63) is 88.5 Å². The molecule has 0 fully saturated rings. The molecular formula is C25H27NO4. The number of hydrogen-bond acceptors (Lipinski definition) is 4. The summed E-state index contributed by atoms with van der Waals surface area (Å²) in [6.45, 7) is 4.10. The highest BCUT2D eigenvalue weighted by atomic mass is 16.5. The van der Waals surface area contributed by atoms with E-state index in [1.807, 2.05) is 37.3 Å². The molecule has 5 nitrogen and oxygen atoms in total. The van der Waals surface area contributed by atoms with E-state index >= 15 is 0 Å². The number of nitrogens with one attached hydrogen (secondary N) is 1. The summed E-state index contributed by atoms with van der Waals surface area (Å²) in [6.07, 6.45) is 0. The number of carbonyl (C=O) groups is 1. The third-order valence-corrected chi connectivity index (χ3v) is 5.08. The number of hydrogen-bond donors (Lipinski definition) is 1. The molecule has 156 valence electrons. The molecule has 0 aliphatic carbocycles. The first-order chi connectivity index (χ1) is 14.5. The summed E-state index contributed by atoms with van der Waals surface area (Å²) >= 11 is 0.